The third kappa shape index (κ3) is 5.55. The lowest BCUT2D eigenvalue weighted by molar-refractivity contribution is -0.297. The minimum Gasteiger partial charge on any atom is -0.300 e. The zero-order valence-corrected chi connectivity index (χ0v) is 14.5. The molecule has 0 aromatic rings. The van der Waals surface area contributed by atoms with Crippen LogP contribution in [0.3, 0.4) is 0 Å². The quantitative estimate of drug-likeness (QED) is 0.370. The molecule has 0 radical (unpaired) electrons. The number of unbranched alkanes of at least 4 members (excludes halogenated alkanes) is 1. The van der Waals surface area contributed by atoms with E-state index in [9.17, 15) is 4.79 Å². The Labute approximate surface area is 130 Å². The van der Waals surface area contributed by atoms with E-state index in [0.717, 1.165) is 44.8 Å². The highest BCUT2D eigenvalue weighted by Crippen LogP contribution is 2.38. The van der Waals surface area contributed by atoms with Crippen LogP contribution in [0.2, 0.25) is 0 Å². The lowest BCUT2D eigenvalue weighted by Gasteiger charge is -2.52. The van der Waals surface area contributed by atoms with Gasteiger partial charge in [-0.1, -0.05) is 19.1 Å². The first-order valence-corrected chi connectivity index (χ1v) is 8.41. The maximum Gasteiger partial charge on any atom is 0.150 e. The van der Waals surface area contributed by atoms with Crippen LogP contribution in [0.4, 0.5) is 0 Å². The predicted molar refractivity (Wildman–Crippen MR) is 88.1 cm³/mol. The van der Waals surface area contributed by atoms with Gasteiger partial charge >= 0.3 is 0 Å². The van der Waals surface area contributed by atoms with Crippen LogP contribution in [-0.2, 0) is 9.63 Å². The summed E-state index contributed by atoms with van der Waals surface area (Å²) in [5, 5.41) is 2.09. The summed E-state index contributed by atoms with van der Waals surface area (Å²) in [6, 6.07) is 0. The second kappa shape index (κ2) is 8.09. The molecule has 1 fully saturated rings. The van der Waals surface area contributed by atoms with Crippen molar-refractivity contribution in [2.75, 3.05) is 0 Å². The molecule has 0 aromatic heterocycles. The maximum absolute atomic E-state index is 11.4. The lowest BCUT2D eigenvalue weighted by atomic mass is 9.82. The minimum absolute atomic E-state index is 0.00881. The molecule has 0 bridgehead atoms. The van der Waals surface area contributed by atoms with Crippen molar-refractivity contribution in [3.63, 3.8) is 0 Å². The first-order valence-electron chi connectivity index (χ1n) is 8.41. The molecule has 1 rings (SSSR count). The summed E-state index contributed by atoms with van der Waals surface area (Å²) in [5.41, 5.74) is -0.0176. The smallest absolute Gasteiger partial charge is 0.150 e. The van der Waals surface area contributed by atoms with Crippen molar-refractivity contribution in [3.8, 4) is 0 Å². The van der Waals surface area contributed by atoms with Crippen molar-refractivity contribution in [1.82, 2.24) is 5.06 Å². The molecule has 1 aliphatic heterocycles. The average Bonchev–Trinajstić information content (AvgIpc) is 2.39. The van der Waals surface area contributed by atoms with Gasteiger partial charge in [0.15, 0.2) is 6.29 Å². The van der Waals surface area contributed by atoms with Gasteiger partial charge in [0.05, 0.1) is 0 Å². The van der Waals surface area contributed by atoms with E-state index in [0.29, 0.717) is 0 Å². The number of carbonyl (C=O) groups is 1. The average molecular weight is 295 g/mol. The van der Waals surface area contributed by atoms with Crippen molar-refractivity contribution < 1.29 is 9.63 Å². The van der Waals surface area contributed by atoms with E-state index >= 15 is 0 Å². The third-order valence-electron chi connectivity index (χ3n) is 4.33. The van der Waals surface area contributed by atoms with E-state index in [1.165, 1.54) is 6.42 Å². The van der Waals surface area contributed by atoms with Crippen LogP contribution in [0.15, 0.2) is 12.2 Å². The number of aldehydes is 1. The third-order valence-corrected chi connectivity index (χ3v) is 4.33. The molecule has 0 aliphatic carbocycles. The van der Waals surface area contributed by atoms with Crippen LogP contribution in [0.5, 0.6) is 0 Å². The standard InChI is InChI=1S/C18H33NO2/c1-6-7-8-9-10-12-16(15-20)21-19-17(2,3)13-11-14-18(19,4)5/h7-8,15-16H,6,9-14H2,1-5H3/b8-7+. The lowest BCUT2D eigenvalue weighted by Crippen LogP contribution is -2.59. The Hall–Kier alpha value is -0.670. The van der Waals surface area contributed by atoms with E-state index in [1.54, 1.807) is 0 Å². The predicted octanol–water partition coefficient (Wildman–Crippen LogP) is 4.67. The molecule has 0 aromatic carbocycles. The minimum atomic E-state index is -0.323. The molecule has 3 heteroatoms. The van der Waals surface area contributed by atoms with E-state index < -0.39 is 0 Å². The molecule has 0 amide bonds. The molecule has 122 valence electrons. The van der Waals surface area contributed by atoms with Gasteiger partial charge in [-0.05, 0) is 72.6 Å². The molecule has 1 aliphatic rings. The van der Waals surface area contributed by atoms with Gasteiger partial charge in [0.2, 0.25) is 0 Å². The Morgan fingerprint density at radius 2 is 1.76 bits per heavy atom. The highest BCUT2D eigenvalue weighted by Gasteiger charge is 2.43. The van der Waals surface area contributed by atoms with Gasteiger partial charge in [-0.15, -0.1) is 0 Å². The summed E-state index contributed by atoms with van der Waals surface area (Å²) in [6.07, 6.45) is 12.3. The van der Waals surface area contributed by atoms with E-state index in [1.807, 2.05) is 0 Å². The van der Waals surface area contributed by atoms with Crippen molar-refractivity contribution >= 4 is 6.29 Å². The first kappa shape index (κ1) is 18.4. The van der Waals surface area contributed by atoms with Gasteiger partial charge in [-0.3, -0.25) is 4.84 Å². The van der Waals surface area contributed by atoms with Gasteiger partial charge in [-0.25, -0.2) is 0 Å². The fourth-order valence-corrected chi connectivity index (χ4v) is 3.26. The van der Waals surface area contributed by atoms with Crippen LogP contribution in [0, 0.1) is 0 Å². The molecule has 3 nitrogen and oxygen atoms in total. The van der Waals surface area contributed by atoms with Gasteiger partial charge in [0.25, 0.3) is 0 Å². The monoisotopic (exact) mass is 295 g/mol. The number of rotatable bonds is 8. The van der Waals surface area contributed by atoms with Crippen LogP contribution >= 0.6 is 0 Å². The summed E-state index contributed by atoms with van der Waals surface area (Å²) in [5.74, 6) is 0. The number of allylic oxidation sites excluding steroid dienone is 2. The van der Waals surface area contributed by atoms with E-state index in [4.69, 9.17) is 4.84 Å². The molecule has 1 saturated heterocycles. The fraction of sp³-hybridized carbons (Fsp3) is 0.833. The Morgan fingerprint density at radius 1 is 1.14 bits per heavy atom. The number of carbonyl (C=O) groups excluding carboxylic acids is 1. The highest BCUT2D eigenvalue weighted by molar-refractivity contribution is 5.55. The van der Waals surface area contributed by atoms with Crippen LogP contribution in [0.25, 0.3) is 0 Å². The molecular weight excluding hydrogens is 262 g/mol. The summed E-state index contributed by atoms with van der Waals surface area (Å²) in [4.78, 5) is 17.5. The molecule has 0 saturated carbocycles. The van der Waals surface area contributed by atoms with Crippen molar-refractivity contribution in [2.24, 2.45) is 0 Å². The van der Waals surface area contributed by atoms with E-state index in [2.05, 4.69) is 51.8 Å². The van der Waals surface area contributed by atoms with Crippen LogP contribution in [0.1, 0.15) is 79.6 Å². The van der Waals surface area contributed by atoms with Gasteiger partial charge in [0, 0.05) is 11.1 Å². The molecular formula is C18H33NO2. The largest absolute Gasteiger partial charge is 0.300 e. The normalized spacial score (nSPS) is 23.3. The highest BCUT2D eigenvalue weighted by atomic mass is 16.7. The maximum atomic E-state index is 11.4. The van der Waals surface area contributed by atoms with Crippen LogP contribution in [-0.4, -0.2) is 28.5 Å². The number of hydrogen-bond acceptors (Lipinski definition) is 3. The Balaban J connectivity index is 2.57. The van der Waals surface area contributed by atoms with Gasteiger partial charge in [0.1, 0.15) is 6.10 Å². The van der Waals surface area contributed by atoms with Crippen molar-refractivity contribution in [1.29, 1.82) is 0 Å². The van der Waals surface area contributed by atoms with Crippen molar-refractivity contribution in [2.45, 2.75) is 96.7 Å². The molecule has 21 heavy (non-hydrogen) atoms. The number of hydroxylamine groups is 2. The van der Waals surface area contributed by atoms with Crippen LogP contribution < -0.4 is 0 Å². The zero-order valence-electron chi connectivity index (χ0n) is 14.5. The van der Waals surface area contributed by atoms with E-state index in [-0.39, 0.29) is 17.2 Å². The Morgan fingerprint density at radius 3 is 2.29 bits per heavy atom. The number of piperidine rings is 1. The molecule has 0 spiro atoms. The van der Waals surface area contributed by atoms with Crippen molar-refractivity contribution in [3.05, 3.63) is 12.2 Å². The second-order valence-electron chi connectivity index (χ2n) is 7.36. The molecule has 1 unspecified atom stereocenters. The summed E-state index contributed by atoms with van der Waals surface area (Å²) >= 11 is 0. The SMILES string of the molecule is CC/C=C/CCCC(C=O)ON1C(C)(C)CCCC1(C)C. The molecule has 0 N–H and O–H groups in total. The van der Waals surface area contributed by atoms with Gasteiger partial charge < -0.3 is 4.79 Å². The second-order valence-corrected chi connectivity index (χ2v) is 7.36. The fourth-order valence-electron chi connectivity index (χ4n) is 3.26. The number of nitrogens with zero attached hydrogens (tertiary/aromatic N) is 1. The molecule has 1 heterocycles. The number of hydrogen-bond donors (Lipinski definition) is 0. The molecule has 1 atom stereocenters. The summed E-state index contributed by atoms with van der Waals surface area (Å²) < 4.78 is 0. The zero-order chi connectivity index (χ0) is 15.9. The Bertz CT molecular complexity index is 331. The Kier molecular flexibility index (Phi) is 7.08. The van der Waals surface area contributed by atoms with Gasteiger partial charge in [-0.2, -0.15) is 5.06 Å². The topological polar surface area (TPSA) is 29.5 Å². The summed E-state index contributed by atoms with van der Waals surface area (Å²) in [6.45, 7) is 11.0. The first-order chi connectivity index (χ1) is 9.83. The summed E-state index contributed by atoms with van der Waals surface area (Å²) in [7, 11) is 0.